The van der Waals surface area contributed by atoms with Crippen LogP contribution >= 0.6 is 11.6 Å². The Labute approximate surface area is 224 Å². The summed E-state index contributed by atoms with van der Waals surface area (Å²) in [5.41, 5.74) is 13.6. The predicted molar refractivity (Wildman–Crippen MR) is 154 cm³/mol. The summed E-state index contributed by atoms with van der Waals surface area (Å²) < 4.78 is 1.83. The Bertz CT molecular complexity index is 1300. The number of hydrogen-bond donors (Lipinski definition) is 2. The fraction of sp³-hybridized carbons (Fsp3) is 0.267. The first kappa shape index (κ1) is 26.3. The molecule has 0 aliphatic heterocycles. The van der Waals surface area contributed by atoms with Crippen LogP contribution in [0.2, 0.25) is 5.02 Å². The highest BCUT2D eigenvalue weighted by atomic mass is 35.5. The summed E-state index contributed by atoms with van der Waals surface area (Å²) in [4.78, 5) is 15.6. The highest BCUT2D eigenvalue weighted by molar-refractivity contribution is 6.32. The van der Waals surface area contributed by atoms with Crippen LogP contribution in [0.4, 0.5) is 21.9 Å². The van der Waals surface area contributed by atoms with Gasteiger partial charge >= 0.3 is 6.03 Å². The average molecular weight is 516 g/mol. The number of rotatable bonds is 9. The lowest BCUT2D eigenvalue weighted by Crippen LogP contribution is -2.37. The third-order valence-corrected chi connectivity index (χ3v) is 7.03. The Kier molecular flexibility index (Phi) is 8.51. The molecule has 0 saturated heterocycles. The zero-order valence-corrected chi connectivity index (χ0v) is 22.4. The molecule has 0 aliphatic carbocycles. The van der Waals surface area contributed by atoms with Crippen molar-refractivity contribution in [2.24, 2.45) is 0 Å². The molecule has 37 heavy (non-hydrogen) atoms. The Hall–Kier alpha value is -3.77. The van der Waals surface area contributed by atoms with Crippen molar-refractivity contribution >= 4 is 34.7 Å². The molecule has 2 amide bonds. The number of carbonyl (C=O) groups excluding carboxylic acids is 1. The first-order valence-corrected chi connectivity index (χ1v) is 13.2. The van der Waals surface area contributed by atoms with E-state index in [1.165, 1.54) is 5.56 Å². The number of aryl methyl sites for hydroxylation is 1. The van der Waals surface area contributed by atoms with Gasteiger partial charge in [0.25, 0.3) is 0 Å². The van der Waals surface area contributed by atoms with Gasteiger partial charge in [-0.2, -0.15) is 5.10 Å². The van der Waals surface area contributed by atoms with Crippen LogP contribution in [0.3, 0.4) is 0 Å². The van der Waals surface area contributed by atoms with E-state index in [-0.39, 0.29) is 6.03 Å². The van der Waals surface area contributed by atoms with Crippen LogP contribution in [0.5, 0.6) is 0 Å². The summed E-state index contributed by atoms with van der Waals surface area (Å²) >= 11 is 6.52. The number of halogens is 1. The predicted octanol–water partition coefficient (Wildman–Crippen LogP) is 7.08. The van der Waals surface area contributed by atoms with Crippen molar-refractivity contribution in [1.29, 1.82) is 0 Å². The molecule has 192 valence electrons. The van der Waals surface area contributed by atoms with Crippen molar-refractivity contribution in [3.05, 3.63) is 100 Å². The number of benzene rings is 3. The quantitative estimate of drug-likeness (QED) is 0.234. The van der Waals surface area contributed by atoms with Gasteiger partial charge < -0.3 is 11.1 Å². The number of aromatic nitrogens is 2. The molecule has 0 radical (unpaired) electrons. The molecule has 0 spiro atoms. The number of nitrogen functional groups attached to an aromatic ring is 1. The molecule has 1 aromatic heterocycles. The van der Waals surface area contributed by atoms with E-state index in [0.29, 0.717) is 36.5 Å². The maximum absolute atomic E-state index is 13.8. The Morgan fingerprint density at radius 2 is 1.65 bits per heavy atom. The standard InChI is InChI=1S/C30H34ClN5O/c1-4-21-8-12-23(13-9-21)35(19-16-22-10-14-24(15-11-22)36-18-7-17-33-36)30(37)34-29-25(5-2)27(31)20-28(32)26(29)6-3/h7-15,17-18,20H,4-6,16,19,32H2,1-3H3,(H,34,37). The first-order chi connectivity index (χ1) is 17.9. The fourth-order valence-electron chi connectivity index (χ4n) is 4.55. The molecule has 6 nitrogen and oxygen atoms in total. The molecule has 0 fully saturated rings. The Balaban J connectivity index is 1.61. The van der Waals surface area contributed by atoms with Crippen LogP contribution in [0.15, 0.2) is 73.1 Å². The van der Waals surface area contributed by atoms with Gasteiger partial charge in [-0.3, -0.25) is 4.90 Å². The zero-order chi connectivity index (χ0) is 26.4. The zero-order valence-electron chi connectivity index (χ0n) is 21.7. The number of hydrogen-bond acceptors (Lipinski definition) is 3. The highest BCUT2D eigenvalue weighted by Crippen LogP contribution is 2.34. The van der Waals surface area contributed by atoms with E-state index in [2.05, 4.69) is 41.6 Å². The minimum Gasteiger partial charge on any atom is -0.398 e. The van der Waals surface area contributed by atoms with E-state index in [4.69, 9.17) is 17.3 Å². The Morgan fingerprint density at radius 1 is 0.973 bits per heavy atom. The normalized spacial score (nSPS) is 10.9. The van der Waals surface area contributed by atoms with Crippen molar-refractivity contribution in [3.63, 3.8) is 0 Å². The summed E-state index contributed by atoms with van der Waals surface area (Å²) in [6, 6.07) is 19.9. The number of urea groups is 1. The lowest BCUT2D eigenvalue weighted by Gasteiger charge is -2.26. The van der Waals surface area contributed by atoms with Gasteiger partial charge in [-0.05, 0) is 84.3 Å². The maximum Gasteiger partial charge on any atom is 0.326 e. The summed E-state index contributed by atoms with van der Waals surface area (Å²) in [6.07, 6.45) is 6.70. The Morgan fingerprint density at radius 3 is 2.24 bits per heavy atom. The van der Waals surface area contributed by atoms with E-state index < -0.39 is 0 Å². The molecular formula is C30H34ClN5O. The number of carbonyl (C=O) groups is 1. The second-order valence-corrected chi connectivity index (χ2v) is 9.36. The number of nitrogens with zero attached hydrogens (tertiary/aromatic N) is 3. The van der Waals surface area contributed by atoms with E-state index in [1.54, 1.807) is 17.2 Å². The monoisotopic (exact) mass is 515 g/mol. The lowest BCUT2D eigenvalue weighted by atomic mass is 10.0. The smallest absolute Gasteiger partial charge is 0.326 e. The van der Waals surface area contributed by atoms with Gasteiger partial charge in [0.15, 0.2) is 0 Å². The molecule has 0 aliphatic rings. The van der Waals surface area contributed by atoms with Crippen molar-refractivity contribution < 1.29 is 4.79 Å². The summed E-state index contributed by atoms with van der Waals surface area (Å²) in [6.45, 7) is 6.69. The van der Waals surface area contributed by atoms with Gasteiger partial charge in [-0.25, -0.2) is 9.48 Å². The third-order valence-electron chi connectivity index (χ3n) is 6.69. The average Bonchev–Trinajstić information content (AvgIpc) is 3.45. The van der Waals surface area contributed by atoms with Crippen LogP contribution in [0.1, 0.15) is 43.0 Å². The molecule has 4 rings (SSSR count). The summed E-state index contributed by atoms with van der Waals surface area (Å²) in [7, 11) is 0. The number of nitrogens with two attached hydrogens (primary N) is 1. The van der Waals surface area contributed by atoms with E-state index in [9.17, 15) is 4.79 Å². The van der Waals surface area contributed by atoms with Gasteiger partial charge in [0.05, 0.1) is 11.4 Å². The third kappa shape index (κ3) is 5.97. The van der Waals surface area contributed by atoms with Crippen LogP contribution in [-0.2, 0) is 25.7 Å². The molecule has 3 aromatic carbocycles. The SMILES string of the molecule is CCc1ccc(N(CCc2ccc(-n3cccn3)cc2)C(=O)Nc2c(CC)c(N)cc(Cl)c2CC)cc1. The number of amides is 2. The van der Waals surface area contributed by atoms with Crippen molar-refractivity contribution in [2.75, 3.05) is 22.5 Å². The van der Waals surface area contributed by atoms with Crippen molar-refractivity contribution in [3.8, 4) is 5.69 Å². The van der Waals surface area contributed by atoms with Gasteiger partial charge in [0.1, 0.15) is 0 Å². The molecule has 7 heteroatoms. The molecule has 0 unspecified atom stereocenters. The van der Waals surface area contributed by atoms with Crippen molar-refractivity contribution in [2.45, 2.75) is 46.5 Å². The topological polar surface area (TPSA) is 76.2 Å². The molecule has 0 bridgehead atoms. The summed E-state index contributed by atoms with van der Waals surface area (Å²) in [5, 5.41) is 8.02. The second kappa shape index (κ2) is 12.0. The van der Waals surface area contributed by atoms with E-state index in [1.807, 2.05) is 55.1 Å². The van der Waals surface area contributed by atoms with Crippen molar-refractivity contribution in [1.82, 2.24) is 9.78 Å². The molecule has 1 heterocycles. The van der Waals surface area contributed by atoms with Gasteiger partial charge in [0.2, 0.25) is 0 Å². The van der Waals surface area contributed by atoms with Gasteiger partial charge in [-0.1, -0.05) is 56.6 Å². The second-order valence-electron chi connectivity index (χ2n) is 8.96. The molecular weight excluding hydrogens is 482 g/mol. The fourth-order valence-corrected chi connectivity index (χ4v) is 4.89. The molecule has 0 atom stereocenters. The first-order valence-electron chi connectivity index (χ1n) is 12.8. The lowest BCUT2D eigenvalue weighted by molar-refractivity contribution is 0.257. The van der Waals surface area contributed by atoms with Crippen LogP contribution < -0.4 is 16.0 Å². The van der Waals surface area contributed by atoms with Gasteiger partial charge in [-0.15, -0.1) is 0 Å². The minimum atomic E-state index is -0.205. The number of anilines is 3. The summed E-state index contributed by atoms with van der Waals surface area (Å²) in [5.74, 6) is 0. The highest BCUT2D eigenvalue weighted by Gasteiger charge is 2.21. The number of nitrogens with one attached hydrogen (secondary N) is 1. The van der Waals surface area contributed by atoms with Gasteiger partial charge in [0, 0.05) is 35.3 Å². The molecule has 0 saturated carbocycles. The molecule has 4 aromatic rings. The largest absolute Gasteiger partial charge is 0.398 e. The van der Waals surface area contributed by atoms with Crippen LogP contribution in [0.25, 0.3) is 5.69 Å². The van der Waals surface area contributed by atoms with Crippen LogP contribution in [0, 0.1) is 0 Å². The minimum absolute atomic E-state index is 0.205. The maximum atomic E-state index is 13.8. The van der Waals surface area contributed by atoms with E-state index >= 15 is 0 Å². The molecule has 3 N–H and O–H groups in total. The van der Waals surface area contributed by atoms with E-state index in [0.717, 1.165) is 40.2 Å². The van der Waals surface area contributed by atoms with Crippen LogP contribution in [-0.4, -0.2) is 22.4 Å².